The zero-order valence-corrected chi connectivity index (χ0v) is 40.5. The molecule has 2 fully saturated rings. The zero-order chi connectivity index (χ0) is 51.3. The Labute approximate surface area is 424 Å². The number of pyridine rings is 4. The standard InChI is InChI=1S/C24H23ClN8O3.C19H16ClN3O4.C5H9N5/c25-17-7-5-15(6-8-17)14-27-23(35)18-13-16-3-1-10-26-22(16)33(24(18)36)12-9-20(34)32-11-2-4-19(32)21-28-30-31-29-21;20-14-5-3-12(4-6-14)11-22-18(26)15-10-13-2-1-8-21-17(13)23(19(15)27)9-7-16(24)25;1-2-4(6-3-1)5-7-9-10-8-5/h1,3,5-8,10,13,19H,2,4,9,11-12,14H2,(H,27,35)(H,28,29,30,31);1-6,8,10H,7,9,11H2,(H,22,26)(H,24,25);4,6H,1-3H2,(H,7,8,9,10)/t19-;;4-/m0.0/s1. The van der Waals surface area contributed by atoms with Gasteiger partial charge in [-0.15, -0.1) is 20.4 Å². The zero-order valence-electron chi connectivity index (χ0n) is 38.9. The van der Waals surface area contributed by atoms with Gasteiger partial charge in [0.05, 0.1) is 18.5 Å². The molecule has 2 atom stereocenters. The minimum absolute atomic E-state index is 0.0113. The van der Waals surface area contributed by atoms with E-state index in [1.165, 1.54) is 33.9 Å². The van der Waals surface area contributed by atoms with Gasteiger partial charge in [-0.3, -0.25) is 37.9 Å². The highest BCUT2D eigenvalue weighted by Gasteiger charge is 2.33. The number of benzene rings is 2. The van der Waals surface area contributed by atoms with Gasteiger partial charge in [-0.05, 0) is 104 Å². The molecule has 3 amide bonds. The molecule has 0 spiro atoms. The highest BCUT2D eigenvalue weighted by atomic mass is 35.5. The number of carbonyl (C=O) groups is 4. The topological polar surface area (TPSA) is 307 Å². The van der Waals surface area contributed by atoms with Crippen molar-refractivity contribution in [1.29, 1.82) is 0 Å². The lowest BCUT2D eigenvalue weighted by atomic mass is 10.1. The van der Waals surface area contributed by atoms with Crippen molar-refractivity contribution in [3.8, 4) is 0 Å². The first-order valence-corrected chi connectivity index (χ1v) is 23.9. The third-order valence-electron chi connectivity index (χ3n) is 12.0. The van der Waals surface area contributed by atoms with Gasteiger partial charge in [0.1, 0.15) is 22.4 Å². The highest BCUT2D eigenvalue weighted by Crippen LogP contribution is 2.30. The summed E-state index contributed by atoms with van der Waals surface area (Å²) in [5.74, 6) is -0.941. The van der Waals surface area contributed by atoms with Crippen LogP contribution in [0.5, 0.6) is 0 Å². The molecule has 6 N–H and O–H groups in total. The number of tetrazole rings is 2. The Kier molecular flexibility index (Phi) is 17.0. The predicted octanol–water partition coefficient (Wildman–Crippen LogP) is 4.33. The normalized spacial score (nSPS) is 15.0. The van der Waals surface area contributed by atoms with Crippen molar-refractivity contribution in [2.45, 2.75) is 76.8 Å². The largest absolute Gasteiger partial charge is 0.481 e. The third kappa shape index (κ3) is 13.0. The van der Waals surface area contributed by atoms with E-state index < -0.39 is 28.9 Å². The minimum Gasteiger partial charge on any atom is -0.481 e. The number of halogens is 2. The van der Waals surface area contributed by atoms with Gasteiger partial charge in [0, 0.05) is 72.4 Å². The summed E-state index contributed by atoms with van der Waals surface area (Å²) in [5.41, 5.74) is 1.30. The van der Waals surface area contributed by atoms with Crippen LogP contribution in [0.3, 0.4) is 0 Å². The van der Waals surface area contributed by atoms with Crippen LogP contribution in [0.1, 0.15) is 94.1 Å². The van der Waals surface area contributed by atoms with Crippen LogP contribution in [0.25, 0.3) is 22.1 Å². The molecule has 10 rings (SSSR count). The lowest BCUT2D eigenvalue weighted by Gasteiger charge is -2.22. The lowest BCUT2D eigenvalue weighted by molar-refractivity contribution is -0.137. The Morgan fingerprint density at radius 2 is 1.19 bits per heavy atom. The van der Waals surface area contributed by atoms with Crippen molar-refractivity contribution < 1.29 is 24.3 Å². The molecule has 6 aromatic heterocycles. The summed E-state index contributed by atoms with van der Waals surface area (Å²) in [5, 5.41) is 47.8. The van der Waals surface area contributed by atoms with Crippen LogP contribution >= 0.6 is 23.2 Å². The monoisotopic (exact) mass is 1030 g/mol. The molecule has 0 radical (unpaired) electrons. The van der Waals surface area contributed by atoms with Crippen LogP contribution in [-0.2, 0) is 35.8 Å². The van der Waals surface area contributed by atoms with Gasteiger partial charge >= 0.3 is 5.97 Å². The second kappa shape index (κ2) is 24.2. The number of aromatic nitrogens is 12. The van der Waals surface area contributed by atoms with Crippen molar-refractivity contribution in [1.82, 2.24) is 81.2 Å². The molecule has 2 saturated heterocycles. The Bertz CT molecular complexity index is 3310. The number of H-pyrrole nitrogens is 2. The Morgan fingerprint density at radius 1 is 0.671 bits per heavy atom. The number of nitrogens with one attached hydrogen (secondary N) is 5. The number of carbonyl (C=O) groups excluding carboxylic acids is 3. The Hall–Kier alpha value is -8.28. The molecule has 25 heteroatoms. The van der Waals surface area contributed by atoms with Crippen molar-refractivity contribution in [3.63, 3.8) is 0 Å². The molecule has 2 aliphatic rings. The van der Waals surface area contributed by atoms with Crippen LogP contribution in [0.4, 0.5) is 0 Å². The van der Waals surface area contributed by atoms with Gasteiger partial charge < -0.3 is 26.0 Å². The van der Waals surface area contributed by atoms with Gasteiger partial charge in [-0.1, -0.05) is 57.9 Å². The van der Waals surface area contributed by atoms with Gasteiger partial charge in [0.15, 0.2) is 11.6 Å². The smallest absolute Gasteiger partial charge is 0.305 e. The first kappa shape index (κ1) is 51.1. The van der Waals surface area contributed by atoms with Gasteiger partial charge in [-0.25, -0.2) is 9.97 Å². The second-order valence-corrected chi connectivity index (χ2v) is 17.7. The number of rotatable bonds is 14. The third-order valence-corrected chi connectivity index (χ3v) is 12.5. The fourth-order valence-electron chi connectivity index (χ4n) is 8.34. The Morgan fingerprint density at radius 3 is 1.67 bits per heavy atom. The minimum atomic E-state index is -1.04. The number of fused-ring (bicyclic) bond motifs is 2. The molecule has 8 heterocycles. The first-order valence-electron chi connectivity index (χ1n) is 23.2. The number of hydrogen-bond donors (Lipinski definition) is 6. The molecule has 23 nitrogen and oxygen atoms in total. The van der Waals surface area contributed by atoms with Crippen molar-refractivity contribution >= 4 is 69.0 Å². The quantitative estimate of drug-likeness (QED) is 0.0883. The summed E-state index contributed by atoms with van der Waals surface area (Å²) >= 11 is 11.8. The van der Waals surface area contributed by atoms with Crippen LogP contribution in [0.15, 0.2) is 107 Å². The predicted molar refractivity (Wildman–Crippen MR) is 266 cm³/mol. The first-order chi connectivity index (χ1) is 35.4. The fraction of sp³-hybridized carbons (Fsp3) is 0.292. The van der Waals surface area contributed by atoms with E-state index in [1.807, 2.05) is 0 Å². The van der Waals surface area contributed by atoms with Crippen molar-refractivity contribution in [2.75, 3.05) is 13.1 Å². The number of aliphatic carboxylic acids is 1. The molecular weight excluding hydrogens is 984 g/mol. The highest BCUT2D eigenvalue weighted by molar-refractivity contribution is 6.30. The summed E-state index contributed by atoms with van der Waals surface area (Å²) in [4.78, 5) is 85.8. The summed E-state index contributed by atoms with van der Waals surface area (Å²) in [6, 6.07) is 24.1. The maximum atomic E-state index is 13.4. The van der Waals surface area contributed by atoms with E-state index in [9.17, 15) is 28.8 Å². The summed E-state index contributed by atoms with van der Waals surface area (Å²) in [6.07, 6.45) is 6.82. The maximum absolute atomic E-state index is 13.4. The van der Waals surface area contributed by atoms with Gasteiger partial charge in [-0.2, -0.15) is 10.4 Å². The lowest BCUT2D eigenvalue weighted by Crippen LogP contribution is -2.35. The number of carboxylic acid groups (broad SMARTS) is 1. The molecule has 0 saturated carbocycles. The number of amides is 3. The molecule has 2 aliphatic heterocycles. The number of aromatic amines is 2. The average Bonchev–Trinajstić information content (AvgIpc) is 4.27. The number of likely N-dealkylation sites (tertiary alicyclic amines) is 1. The second-order valence-electron chi connectivity index (χ2n) is 16.8. The summed E-state index contributed by atoms with van der Waals surface area (Å²) < 4.78 is 2.62. The molecule has 2 aromatic carbocycles. The van der Waals surface area contributed by atoms with Crippen LogP contribution in [-0.4, -0.2) is 107 Å². The molecule has 0 aliphatic carbocycles. The van der Waals surface area contributed by atoms with Gasteiger partial charge in [0.25, 0.3) is 22.9 Å². The van der Waals surface area contributed by atoms with E-state index >= 15 is 0 Å². The van der Waals surface area contributed by atoms with E-state index in [2.05, 4.69) is 67.2 Å². The average molecular weight is 1030 g/mol. The van der Waals surface area contributed by atoms with E-state index in [0.717, 1.165) is 42.8 Å². The van der Waals surface area contributed by atoms with E-state index in [0.29, 0.717) is 50.5 Å². The molecule has 0 bridgehead atoms. The maximum Gasteiger partial charge on any atom is 0.305 e. The van der Waals surface area contributed by atoms with Crippen LogP contribution in [0.2, 0.25) is 10.0 Å². The number of nitrogens with zero attached hydrogens (tertiary/aromatic N) is 11. The van der Waals surface area contributed by atoms with E-state index in [-0.39, 0.29) is 62.1 Å². The van der Waals surface area contributed by atoms with Crippen molar-refractivity contribution in [2.24, 2.45) is 0 Å². The van der Waals surface area contributed by atoms with Crippen LogP contribution < -0.4 is 27.1 Å². The van der Waals surface area contributed by atoms with E-state index in [1.54, 1.807) is 83.9 Å². The molecule has 0 unspecified atom stereocenters. The summed E-state index contributed by atoms with van der Waals surface area (Å²) in [6.45, 7) is 2.14. The summed E-state index contributed by atoms with van der Waals surface area (Å²) in [7, 11) is 0. The molecule has 376 valence electrons. The number of carboxylic acids is 1. The van der Waals surface area contributed by atoms with Crippen LogP contribution in [0, 0.1) is 0 Å². The van der Waals surface area contributed by atoms with Crippen molar-refractivity contribution in [3.05, 3.63) is 162 Å². The number of hydrogen-bond acceptors (Lipinski definition) is 15. The van der Waals surface area contributed by atoms with E-state index in [4.69, 9.17) is 28.3 Å². The molecular formula is C48H48Cl2N16O7. The molecule has 8 aromatic rings. The number of aryl methyl sites for hydroxylation is 2. The Balaban J connectivity index is 0.000000168. The van der Waals surface area contributed by atoms with Gasteiger partial charge in [0.2, 0.25) is 5.91 Å². The SMILES string of the molecule is C1CN[C@H](c2nn[nH]n2)C1.O=C(NCc1ccc(Cl)cc1)c1cc2cccnc2n(CCC(=O)N2CCC[C@H]2c2nn[nH]n2)c1=O.O=C(O)CCn1c(=O)c(C(=O)NCc2ccc(Cl)cc2)cc2cccnc21. The fourth-order valence-corrected chi connectivity index (χ4v) is 8.59. The molecule has 73 heavy (non-hydrogen) atoms.